The first-order chi connectivity index (χ1) is 9.08. The van der Waals surface area contributed by atoms with Crippen LogP contribution in [0.25, 0.3) is 11.0 Å². The van der Waals surface area contributed by atoms with Gasteiger partial charge in [0, 0.05) is 5.39 Å². The van der Waals surface area contributed by atoms with Gasteiger partial charge in [-0.15, -0.1) is 0 Å². The smallest absolute Gasteiger partial charge is 0.137 e. The average Bonchev–Trinajstić information content (AvgIpc) is 2.81. The molecule has 0 aliphatic heterocycles. The van der Waals surface area contributed by atoms with Crippen molar-refractivity contribution >= 4 is 11.0 Å². The second-order valence-electron chi connectivity index (χ2n) is 5.73. The number of rotatable bonds is 5. The summed E-state index contributed by atoms with van der Waals surface area (Å²) in [7, 11) is 1.99. The second kappa shape index (κ2) is 5.79. The van der Waals surface area contributed by atoms with Crippen LogP contribution in [0.3, 0.4) is 0 Å². The third-order valence-corrected chi connectivity index (χ3v) is 4.02. The molecule has 1 heterocycles. The van der Waals surface area contributed by atoms with E-state index < -0.39 is 0 Å². The predicted molar refractivity (Wildman–Crippen MR) is 81.6 cm³/mol. The van der Waals surface area contributed by atoms with Gasteiger partial charge < -0.3 is 9.73 Å². The Bertz CT molecular complexity index is 541. The third-order valence-electron chi connectivity index (χ3n) is 4.02. The summed E-state index contributed by atoms with van der Waals surface area (Å²) in [6, 6.07) is 8.92. The molecule has 2 rings (SSSR count). The number of nitrogens with one attached hydrogen (secondary N) is 1. The van der Waals surface area contributed by atoms with Crippen LogP contribution >= 0.6 is 0 Å². The normalized spacial score (nSPS) is 15.1. The zero-order chi connectivity index (χ0) is 14.0. The molecule has 0 aliphatic carbocycles. The Morgan fingerprint density at radius 1 is 1.21 bits per heavy atom. The van der Waals surface area contributed by atoms with Crippen LogP contribution in [0.15, 0.2) is 28.7 Å². The van der Waals surface area contributed by atoms with Crippen molar-refractivity contribution in [1.29, 1.82) is 0 Å². The van der Waals surface area contributed by atoms with Gasteiger partial charge in [-0.2, -0.15) is 0 Å². The number of benzene rings is 1. The Kier molecular flexibility index (Phi) is 4.31. The van der Waals surface area contributed by atoms with Crippen molar-refractivity contribution in [3.05, 3.63) is 35.6 Å². The van der Waals surface area contributed by atoms with Crippen LogP contribution in [0, 0.1) is 5.92 Å². The minimum Gasteiger partial charge on any atom is -0.459 e. The van der Waals surface area contributed by atoms with E-state index in [1.165, 1.54) is 10.9 Å². The van der Waals surface area contributed by atoms with Crippen molar-refractivity contribution in [3.8, 4) is 0 Å². The van der Waals surface area contributed by atoms with Crippen LogP contribution < -0.4 is 5.32 Å². The fourth-order valence-corrected chi connectivity index (χ4v) is 2.67. The van der Waals surface area contributed by atoms with Crippen molar-refractivity contribution in [2.75, 3.05) is 7.05 Å². The standard InChI is InChI=1S/C17H25NO/c1-6-12(4)14-9-7-8-13-10-15(19-17(13)14)16(18-5)11(2)3/h7-12,16,18H,6H2,1-5H3. The van der Waals surface area contributed by atoms with Crippen LogP contribution in [-0.2, 0) is 0 Å². The molecule has 0 aliphatic rings. The minimum absolute atomic E-state index is 0.275. The lowest BCUT2D eigenvalue weighted by Crippen LogP contribution is -2.20. The van der Waals surface area contributed by atoms with Crippen LogP contribution in [0.2, 0.25) is 0 Å². The van der Waals surface area contributed by atoms with Crippen LogP contribution in [0.1, 0.15) is 57.4 Å². The van der Waals surface area contributed by atoms with Crippen molar-refractivity contribution < 1.29 is 4.42 Å². The molecule has 0 saturated carbocycles. The van der Waals surface area contributed by atoms with Crippen molar-refractivity contribution in [1.82, 2.24) is 5.32 Å². The lowest BCUT2D eigenvalue weighted by atomic mass is 9.97. The molecule has 0 fully saturated rings. The molecule has 0 spiro atoms. The van der Waals surface area contributed by atoms with Gasteiger partial charge in [-0.1, -0.05) is 45.9 Å². The van der Waals surface area contributed by atoms with Gasteiger partial charge in [-0.05, 0) is 36.9 Å². The number of hydrogen-bond donors (Lipinski definition) is 1. The highest BCUT2D eigenvalue weighted by molar-refractivity contribution is 5.81. The van der Waals surface area contributed by atoms with Crippen LogP contribution in [-0.4, -0.2) is 7.05 Å². The maximum Gasteiger partial charge on any atom is 0.137 e. The van der Waals surface area contributed by atoms with Crippen molar-refractivity contribution in [2.45, 2.75) is 46.1 Å². The molecule has 0 saturated heterocycles. The summed E-state index contributed by atoms with van der Waals surface area (Å²) < 4.78 is 6.17. The molecule has 2 unspecified atom stereocenters. The molecule has 2 atom stereocenters. The molecular formula is C17H25NO. The first kappa shape index (κ1) is 14.1. The molecule has 2 aromatic rings. The fraction of sp³-hybridized carbons (Fsp3) is 0.529. The molecule has 0 amide bonds. The van der Waals surface area contributed by atoms with Gasteiger partial charge in [-0.25, -0.2) is 0 Å². The molecule has 1 N–H and O–H groups in total. The van der Waals surface area contributed by atoms with Crippen LogP contribution in [0.4, 0.5) is 0 Å². The summed E-state index contributed by atoms with van der Waals surface area (Å²) in [4.78, 5) is 0. The molecule has 2 heteroatoms. The summed E-state index contributed by atoms with van der Waals surface area (Å²) in [6.07, 6.45) is 1.13. The average molecular weight is 259 g/mol. The quantitative estimate of drug-likeness (QED) is 0.829. The highest BCUT2D eigenvalue weighted by atomic mass is 16.3. The monoisotopic (exact) mass is 259 g/mol. The molecule has 104 valence electrons. The summed E-state index contributed by atoms with van der Waals surface area (Å²) in [5.41, 5.74) is 2.39. The van der Waals surface area contributed by atoms with Crippen molar-refractivity contribution in [2.24, 2.45) is 5.92 Å². The molecule has 0 radical (unpaired) electrons. The van der Waals surface area contributed by atoms with E-state index in [1.54, 1.807) is 0 Å². The van der Waals surface area contributed by atoms with Crippen LogP contribution in [0.5, 0.6) is 0 Å². The SMILES string of the molecule is CCC(C)c1cccc2cc(C(NC)C(C)C)oc12. The molecule has 1 aromatic heterocycles. The highest BCUT2D eigenvalue weighted by Crippen LogP contribution is 2.33. The highest BCUT2D eigenvalue weighted by Gasteiger charge is 2.19. The van der Waals surface area contributed by atoms with Gasteiger partial charge in [0.1, 0.15) is 11.3 Å². The molecule has 2 nitrogen and oxygen atoms in total. The zero-order valence-electron chi connectivity index (χ0n) is 12.7. The Balaban J connectivity index is 2.51. The molecular weight excluding hydrogens is 234 g/mol. The Morgan fingerprint density at radius 3 is 2.53 bits per heavy atom. The fourth-order valence-electron chi connectivity index (χ4n) is 2.67. The summed E-state index contributed by atoms with van der Waals surface area (Å²) in [5.74, 6) is 2.09. The van der Waals surface area contributed by atoms with Gasteiger partial charge in [0.15, 0.2) is 0 Å². The maximum absolute atomic E-state index is 6.17. The summed E-state index contributed by atoms with van der Waals surface area (Å²) >= 11 is 0. The number of hydrogen-bond acceptors (Lipinski definition) is 2. The lowest BCUT2D eigenvalue weighted by molar-refractivity contribution is 0.370. The van der Waals surface area contributed by atoms with Gasteiger partial charge >= 0.3 is 0 Å². The Morgan fingerprint density at radius 2 is 1.95 bits per heavy atom. The van der Waals surface area contributed by atoms with E-state index >= 15 is 0 Å². The Hall–Kier alpha value is -1.28. The van der Waals surface area contributed by atoms with E-state index in [-0.39, 0.29) is 6.04 Å². The predicted octanol–water partition coefficient (Wildman–Crippen LogP) is 4.86. The van der Waals surface area contributed by atoms with E-state index in [1.807, 2.05) is 7.05 Å². The van der Waals surface area contributed by atoms with Gasteiger partial charge in [0.2, 0.25) is 0 Å². The Labute approximate surface area is 116 Å². The topological polar surface area (TPSA) is 25.2 Å². The lowest BCUT2D eigenvalue weighted by Gasteiger charge is -2.17. The van der Waals surface area contributed by atoms with E-state index in [2.05, 4.69) is 57.3 Å². The first-order valence-corrected chi connectivity index (χ1v) is 7.28. The van der Waals surface area contributed by atoms with Crippen molar-refractivity contribution in [3.63, 3.8) is 0 Å². The third kappa shape index (κ3) is 2.69. The molecule has 0 bridgehead atoms. The molecule has 19 heavy (non-hydrogen) atoms. The molecule has 1 aromatic carbocycles. The van der Waals surface area contributed by atoms with E-state index in [0.717, 1.165) is 17.8 Å². The minimum atomic E-state index is 0.275. The van der Waals surface area contributed by atoms with E-state index in [9.17, 15) is 0 Å². The summed E-state index contributed by atoms with van der Waals surface area (Å²) in [6.45, 7) is 8.90. The maximum atomic E-state index is 6.17. The largest absolute Gasteiger partial charge is 0.459 e. The van der Waals surface area contributed by atoms with E-state index in [0.29, 0.717) is 11.8 Å². The van der Waals surface area contributed by atoms with Gasteiger partial charge in [-0.3, -0.25) is 0 Å². The zero-order valence-corrected chi connectivity index (χ0v) is 12.7. The van der Waals surface area contributed by atoms with Gasteiger partial charge in [0.05, 0.1) is 6.04 Å². The number of fused-ring (bicyclic) bond motifs is 1. The first-order valence-electron chi connectivity index (χ1n) is 7.28. The second-order valence-corrected chi connectivity index (χ2v) is 5.73. The van der Waals surface area contributed by atoms with Gasteiger partial charge in [0.25, 0.3) is 0 Å². The number of para-hydroxylation sites is 1. The summed E-state index contributed by atoms with van der Waals surface area (Å²) in [5, 5.41) is 4.56. The number of furan rings is 1. The van der Waals surface area contributed by atoms with E-state index in [4.69, 9.17) is 4.42 Å².